The van der Waals surface area contributed by atoms with Crippen LogP contribution in [0, 0.1) is 5.92 Å². The summed E-state index contributed by atoms with van der Waals surface area (Å²) in [5.74, 6) is -2.10. The largest absolute Gasteiger partial charge is 0.481 e. The first-order chi connectivity index (χ1) is 7.27. The summed E-state index contributed by atoms with van der Waals surface area (Å²) in [6.07, 6.45) is -5.73. The lowest BCUT2D eigenvalue weighted by atomic mass is 9.97. The van der Waals surface area contributed by atoms with Crippen LogP contribution in [-0.2, 0) is 4.79 Å². The molecule has 0 aliphatic carbocycles. The molecule has 0 aliphatic heterocycles. The third-order valence-corrected chi connectivity index (χ3v) is 3.08. The van der Waals surface area contributed by atoms with Gasteiger partial charge in [0.1, 0.15) is 0 Å². The van der Waals surface area contributed by atoms with Gasteiger partial charge in [-0.05, 0) is 12.2 Å². The molecule has 3 N–H and O–H groups in total. The molecule has 96 valence electrons. The normalized spacial score (nSPS) is 15.8. The van der Waals surface area contributed by atoms with Gasteiger partial charge in [-0.1, -0.05) is 6.92 Å². The standard InChI is InChI=1S/C9H16F3NO2S/c1-2-16-5-7(13)3-6(4-8(14)15)9(10,11)12/h6-7H,2-5,13H2,1H3,(H,14,15)/t6-,7+/m0/s1. The molecule has 0 radical (unpaired) electrons. The summed E-state index contributed by atoms with van der Waals surface area (Å²) in [6, 6.07) is -0.615. The van der Waals surface area contributed by atoms with Gasteiger partial charge in [0.25, 0.3) is 0 Å². The van der Waals surface area contributed by atoms with E-state index in [-0.39, 0.29) is 6.42 Å². The first kappa shape index (κ1) is 15.6. The molecule has 0 amide bonds. The molecule has 0 aromatic heterocycles. The van der Waals surface area contributed by atoms with Crippen molar-refractivity contribution in [2.75, 3.05) is 11.5 Å². The highest BCUT2D eigenvalue weighted by molar-refractivity contribution is 7.99. The van der Waals surface area contributed by atoms with Crippen molar-refractivity contribution in [3.8, 4) is 0 Å². The summed E-state index contributed by atoms with van der Waals surface area (Å²) in [5, 5.41) is 8.39. The average molecular weight is 259 g/mol. The zero-order valence-electron chi connectivity index (χ0n) is 8.96. The molecular formula is C9H16F3NO2S. The molecule has 7 heteroatoms. The Hall–Kier alpha value is -0.430. The maximum absolute atomic E-state index is 12.4. The minimum Gasteiger partial charge on any atom is -0.481 e. The number of halogens is 3. The molecule has 0 unspecified atom stereocenters. The Morgan fingerprint density at radius 2 is 2.06 bits per heavy atom. The van der Waals surface area contributed by atoms with Crippen molar-refractivity contribution in [2.24, 2.45) is 11.7 Å². The van der Waals surface area contributed by atoms with Gasteiger partial charge in [0, 0.05) is 11.8 Å². The van der Waals surface area contributed by atoms with Gasteiger partial charge < -0.3 is 10.8 Å². The molecule has 0 rings (SSSR count). The first-order valence-electron chi connectivity index (χ1n) is 4.89. The Morgan fingerprint density at radius 3 is 2.44 bits per heavy atom. The molecule has 16 heavy (non-hydrogen) atoms. The molecule has 0 saturated carbocycles. The maximum Gasteiger partial charge on any atom is 0.392 e. The second kappa shape index (κ2) is 7.01. The van der Waals surface area contributed by atoms with E-state index in [1.165, 1.54) is 11.8 Å². The van der Waals surface area contributed by atoms with Crippen LogP contribution in [0.25, 0.3) is 0 Å². The van der Waals surface area contributed by atoms with Crippen LogP contribution < -0.4 is 5.73 Å². The number of carbonyl (C=O) groups is 1. The Labute approximate surface area is 96.6 Å². The zero-order chi connectivity index (χ0) is 12.8. The van der Waals surface area contributed by atoms with E-state index in [0.717, 1.165) is 5.75 Å². The maximum atomic E-state index is 12.4. The van der Waals surface area contributed by atoms with Crippen molar-refractivity contribution in [1.29, 1.82) is 0 Å². The second-order valence-corrected chi connectivity index (χ2v) is 4.81. The molecule has 0 aromatic carbocycles. The summed E-state index contributed by atoms with van der Waals surface area (Å²) in [6.45, 7) is 1.88. The van der Waals surface area contributed by atoms with Gasteiger partial charge in [0.05, 0.1) is 12.3 Å². The third-order valence-electron chi connectivity index (χ3n) is 2.01. The highest BCUT2D eigenvalue weighted by atomic mass is 32.2. The number of carboxylic acid groups (broad SMARTS) is 1. The lowest BCUT2D eigenvalue weighted by Gasteiger charge is -2.21. The van der Waals surface area contributed by atoms with Crippen molar-refractivity contribution in [3.05, 3.63) is 0 Å². The van der Waals surface area contributed by atoms with Crippen LogP contribution >= 0.6 is 11.8 Å². The predicted molar refractivity (Wildman–Crippen MR) is 57.4 cm³/mol. The van der Waals surface area contributed by atoms with Crippen molar-refractivity contribution in [2.45, 2.75) is 32.0 Å². The molecular weight excluding hydrogens is 243 g/mol. The van der Waals surface area contributed by atoms with E-state index < -0.39 is 30.5 Å². The minimum absolute atomic E-state index is 0.331. The Balaban J connectivity index is 4.26. The van der Waals surface area contributed by atoms with Crippen LogP contribution in [-0.4, -0.2) is 34.8 Å². The molecule has 0 aliphatic rings. The monoisotopic (exact) mass is 259 g/mol. The van der Waals surface area contributed by atoms with Crippen LogP contribution in [0.3, 0.4) is 0 Å². The fourth-order valence-corrected chi connectivity index (χ4v) is 1.92. The van der Waals surface area contributed by atoms with Gasteiger partial charge in [-0.3, -0.25) is 4.79 Å². The number of aliphatic carboxylic acids is 1. The average Bonchev–Trinajstić information content (AvgIpc) is 2.11. The molecule has 0 heterocycles. The van der Waals surface area contributed by atoms with Gasteiger partial charge in [-0.25, -0.2) is 0 Å². The van der Waals surface area contributed by atoms with E-state index in [4.69, 9.17) is 10.8 Å². The molecule has 0 bridgehead atoms. The van der Waals surface area contributed by atoms with Crippen molar-refractivity contribution >= 4 is 17.7 Å². The van der Waals surface area contributed by atoms with Gasteiger partial charge in [-0.2, -0.15) is 24.9 Å². The van der Waals surface area contributed by atoms with E-state index >= 15 is 0 Å². The van der Waals surface area contributed by atoms with Gasteiger partial charge in [0.15, 0.2) is 0 Å². The summed E-state index contributed by atoms with van der Waals surface area (Å²) in [5.41, 5.74) is 5.52. The lowest BCUT2D eigenvalue weighted by molar-refractivity contribution is -0.185. The van der Waals surface area contributed by atoms with Crippen LogP contribution in [0.15, 0.2) is 0 Å². The number of alkyl halides is 3. The number of hydrogen-bond acceptors (Lipinski definition) is 3. The van der Waals surface area contributed by atoms with Gasteiger partial charge in [-0.15, -0.1) is 0 Å². The van der Waals surface area contributed by atoms with Crippen LogP contribution in [0.4, 0.5) is 13.2 Å². The Bertz CT molecular complexity index is 223. The van der Waals surface area contributed by atoms with E-state index in [1.54, 1.807) is 0 Å². The third kappa shape index (κ3) is 6.95. The molecule has 2 atom stereocenters. The summed E-state index contributed by atoms with van der Waals surface area (Å²) >= 11 is 1.45. The Kier molecular flexibility index (Phi) is 6.82. The highest BCUT2D eigenvalue weighted by Crippen LogP contribution is 2.32. The van der Waals surface area contributed by atoms with Gasteiger partial charge >= 0.3 is 12.1 Å². The summed E-state index contributed by atoms with van der Waals surface area (Å²) in [4.78, 5) is 10.3. The van der Waals surface area contributed by atoms with Crippen LogP contribution in [0.1, 0.15) is 19.8 Å². The van der Waals surface area contributed by atoms with E-state index in [0.29, 0.717) is 5.75 Å². The first-order valence-corrected chi connectivity index (χ1v) is 6.04. The summed E-state index contributed by atoms with van der Waals surface area (Å²) in [7, 11) is 0. The fraction of sp³-hybridized carbons (Fsp3) is 0.889. The Morgan fingerprint density at radius 1 is 1.50 bits per heavy atom. The predicted octanol–water partition coefficient (Wildman–Crippen LogP) is 2.11. The number of hydrogen-bond donors (Lipinski definition) is 2. The van der Waals surface area contributed by atoms with Crippen molar-refractivity contribution in [1.82, 2.24) is 0 Å². The lowest BCUT2D eigenvalue weighted by Crippen LogP contribution is -2.34. The smallest absolute Gasteiger partial charge is 0.392 e. The van der Waals surface area contributed by atoms with Gasteiger partial charge in [0.2, 0.25) is 0 Å². The van der Waals surface area contributed by atoms with Crippen LogP contribution in [0.5, 0.6) is 0 Å². The topological polar surface area (TPSA) is 63.3 Å². The van der Waals surface area contributed by atoms with Crippen molar-refractivity contribution in [3.63, 3.8) is 0 Å². The molecule has 0 aromatic rings. The highest BCUT2D eigenvalue weighted by Gasteiger charge is 2.41. The second-order valence-electron chi connectivity index (χ2n) is 3.49. The summed E-state index contributed by atoms with van der Waals surface area (Å²) < 4.78 is 37.3. The SMILES string of the molecule is CCSC[C@H](N)C[C@@H](CC(=O)O)C(F)(F)F. The quantitative estimate of drug-likeness (QED) is 0.735. The number of rotatable bonds is 7. The van der Waals surface area contributed by atoms with E-state index in [2.05, 4.69) is 0 Å². The number of carboxylic acids is 1. The van der Waals surface area contributed by atoms with Crippen LogP contribution in [0.2, 0.25) is 0 Å². The van der Waals surface area contributed by atoms with E-state index in [9.17, 15) is 18.0 Å². The zero-order valence-corrected chi connectivity index (χ0v) is 9.77. The molecule has 0 spiro atoms. The minimum atomic E-state index is -4.49. The number of thioether (sulfide) groups is 1. The number of nitrogens with two attached hydrogens (primary N) is 1. The van der Waals surface area contributed by atoms with E-state index in [1.807, 2.05) is 6.92 Å². The molecule has 0 saturated heterocycles. The fourth-order valence-electron chi connectivity index (χ4n) is 1.25. The molecule has 0 fully saturated rings. The molecule has 3 nitrogen and oxygen atoms in total. The van der Waals surface area contributed by atoms with Crippen molar-refractivity contribution < 1.29 is 23.1 Å².